The first-order chi connectivity index (χ1) is 10.1. The maximum absolute atomic E-state index is 12.5. The molecule has 2 saturated carbocycles. The van der Waals surface area contributed by atoms with Crippen molar-refractivity contribution in [2.24, 2.45) is 11.3 Å². The molecular weight excluding hydrogens is 270 g/mol. The van der Waals surface area contributed by atoms with Gasteiger partial charge in [0.25, 0.3) is 5.91 Å². The first kappa shape index (κ1) is 12.9. The predicted molar refractivity (Wildman–Crippen MR) is 73.9 cm³/mol. The van der Waals surface area contributed by atoms with E-state index in [1.807, 2.05) is 6.07 Å². The largest absolute Gasteiger partial charge is 0.481 e. The van der Waals surface area contributed by atoms with Gasteiger partial charge >= 0.3 is 5.97 Å². The molecule has 0 spiro atoms. The monoisotopic (exact) mass is 289 g/mol. The van der Waals surface area contributed by atoms with Crippen LogP contribution >= 0.6 is 0 Å². The lowest BCUT2D eigenvalue weighted by Crippen LogP contribution is -2.37. The second-order valence-corrected chi connectivity index (χ2v) is 6.72. The molecule has 1 aromatic heterocycles. The third-order valence-electron chi connectivity index (χ3n) is 5.42. The highest BCUT2D eigenvalue weighted by atomic mass is 16.4. The Morgan fingerprint density at radius 2 is 2.19 bits per heavy atom. The van der Waals surface area contributed by atoms with E-state index in [1.165, 1.54) is 0 Å². The van der Waals surface area contributed by atoms with Crippen molar-refractivity contribution in [3.05, 3.63) is 17.5 Å². The van der Waals surface area contributed by atoms with Crippen molar-refractivity contribution in [1.82, 2.24) is 15.1 Å². The van der Waals surface area contributed by atoms with Gasteiger partial charge in [0.1, 0.15) is 5.69 Å². The van der Waals surface area contributed by atoms with Gasteiger partial charge in [-0.25, -0.2) is 0 Å². The van der Waals surface area contributed by atoms with Crippen LogP contribution < -0.4 is 0 Å². The average Bonchev–Trinajstić information content (AvgIpc) is 2.90. The zero-order valence-electron chi connectivity index (χ0n) is 11.8. The third-order valence-corrected chi connectivity index (χ3v) is 5.42. The zero-order valence-corrected chi connectivity index (χ0v) is 11.8. The lowest BCUT2D eigenvalue weighted by Gasteiger charge is -2.22. The number of carboxylic acid groups (broad SMARTS) is 1. The highest BCUT2D eigenvalue weighted by Crippen LogP contribution is 2.49. The summed E-state index contributed by atoms with van der Waals surface area (Å²) in [6.07, 6.45) is 4.86. The molecule has 2 atom stereocenters. The second-order valence-electron chi connectivity index (χ2n) is 6.72. The molecule has 1 amide bonds. The van der Waals surface area contributed by atoms with Gasteiger partial charge in [-0.05, 0) is 37.7 Å². The van der Waals surface area contributed by atoms with Crippen molar-refractivity contribution in [3.63, 3.8) is 0 Å². The Labute approximate surface area is 122 Å². The molecule has 112 valence electrons. The van der Waals surface area contributed by atoms with Crippen molar-refractivity contribution < 1.29 is 14.7 Å². The van der Waals surface area contributed by atoms with Crippen molar-refractivity contribution in [2.75, 3.05) is 13.1 Å². The van der Waals surface area contributed by atoms with Crippen LogP contribution in [0.4, 0.5) is 0 Å². The van der Waals surface area contributed by atoms with E-state index in [0.717, 1.165) is 31.4 Å². The number of amides is 1. The number of aliphatic carboxylic acids is 1. The number of fused-ring (bicyclic) bond motifs is 1. The Bertz CT molecular complexity index is 607. The van der Waals surface area contributed by atoms with Gasteiger partial charge in [-0.1, -0.05) is 6.42 Å². The number of nitrogens with zero attached hydrogens (tertiary/aromatic N) is 2. The number of carboxylic acids is 1. The number of nitrogens with one attached hydrogen (secondary N) is 1. The zero-order chi connectivity index (χ0) is 14.6. The molecule has 6 nitrogen and oxygen atoms in total. The number of H-pyrrole nitrogens is 1. The molecule has 1 aromatic rings. The molecule has 2 aliphatic carbocycles. The molecule has 4 rings (SSSR count). The van der Waals surface area contributed by atoms with Crippen LogP contribution in [0.15, 0.2) is 6.07 Å². The Morgan fingerprint density at radius 1 is 1.38 bits per heavy atom. The highest BCUT2D eigenvalue weighted by Gasteiger charge is 2.56. The van der Waals surface area contributed by atoms with Crippen LogP contribution in [0, 0.1) is 11.3 Å². The first-order valence-corrected chi connectivity index (χ1v) is 7.68. The maximum atomic E-state index is 12.5. The summed E-state index contributed by atoms with van der Waals surface area (Å²) in [5.74, 6) is -0.252. The van der Waals surface area contributed by atoms with Crippen LogP contribution in [-0.2, 0) is 4.79 Å². The summed E-state index contributed by atoms with van der Waals surface area (Å²) in [4.78, 5) is 25.9. The lowest BCUT2D eigenvalue weighted by atomic mass is 9.81. The van der Waals surface area contributed by atoms with Gasteiger partial charge in [0.15, 0.2) is 0 Å². The van der Waals surface area contributed by atoms with Crippen molar-refractivity contribution in [2.45, 2.75) is 38.0 Å². The molecule has 6 heteroatoms. The molecule has 3 fully saturated rings. The molecule has 0 radical (unpaired) electrons. The van der Waals surface area contributed by atoms with E-state index in [-0.39, 0.29) is 11.8 Å². The van der Waals surface area contributed by atoms with Crippen LogP contribution in [0.3, 0.4) is 0 Å². The second kappa shape index (κ2) is 4.32. The fraction of sp³-hybridized carbons (Fsp3) is 0.667. The standard InChI is InChI=1S/C15H19N3O3/c19-13(12-6-11(16-17-12)9-3-4-9)18-7-10-2-1-5-15(10,8-18)14(20)21/h6,9-10H,1-5,7-8H2,(H,16,17)(H,20,21)/t10-,15+/m0/s1. The number of carbonyl (C=O) groups is 2. The van der Waals surface area contributed by atoms with Crippen LogP contribution in [0.2, 0.25) is 0 Å². The summed E-state index contributed by atoms with van der Waals surface area (Å²) < 4.78 is 0. The van der Waals surface area contributed by atoms with Gasteiger partial charge in [-0.3, -0.25) is 14.7 Å². The van der Waals surface area contributed by atoms with Crippen LogP contribution in [0.25, 0.3) is 0 Å². The molecule has 0 bridgehead atoms. The molecule has 0 unspecified atom stereocenters. The number of hydrogen-bond donors (Lipinski definition) is 2. The predicted octanol–water partition coefficient (Wildman–Crippen LogP) is 1.61. The van der Waals surface area contributed by atoms with Gasteiger partial charge in [-0.2, -0.15) is 5.10 Å². The van der Waals surface area contributed by atoms with E-state index in [4.69, 9.17) is 0 Å². The minimum absolute atomic E-state index is 0.0980. The molecule has 1 saturated heterocycles. The van der Waals surface area contributed by atoms with E-state index >= 15 is 0 Å². The summed E-state index contributed by atoms with van der Waals surface area (Å²) in [5.41, 5.74) is 0.744. The number of likely N-dealkylation sites (tertiary alicyclic amines) is 1. The number of aromatic amines is 1. The molecule has 21 heavy (non-hydrogen) atoms. The minimum Gasteiger partial charge on any atom is -0.481 e. The van der Waals surface area contributed by atoms with Gasteiger partial charge in [0.2, 0.25) is 0 Å². The SMILES string of the molecule is O=C(c1cc(C2CC2)[nH]n1)N1C[C@@H]2CCC[C@@]2(C(=O)O)C1. The number of aromatic nitrogens is 2. The number of hydrogen-bond acceptors (Lipinski definition) is 3. The number of rotatable bonds is 3. The first-order valence-electron chi connectivity index (χ1n) is 7.68. The fourth-order valence-electron chi connectivity index (χ4n) is 4.01. The van der Waals surface area contributed by atoms with Crippen LogP contribution in [0.5, 0.6) is 0 Å². The van der Waals surface area contributed by atoms with Crippen LogP contribution in [-0.4, -0.2) is 45.2 Å². The van der Waals surface area contributed by atoms with Crippen molar-refractivity contribution in [1.29, 1.82) is 0 Å². The van der Waals surface area contributed by atoms with E-state index in [9.17, 15) is 14.7 Å². The summed E-state index contributed by atoms with van der Waals surface area (Å²) in [6, 6.07) is 1.83. The Kier molecular flexibility index (Phi) is 2.65. The van der Waals surface area contributed by atoms with Crippen molar-refractivity contribution in [3.8, 4) is 0 Å². The quantitative estimate of drug-likeness (QED) is 0.885. The topological polar surface area (TPSA) is 86.3 Å². The lowest BCUT2D eigenvalue weighted by molar-refractivity contribution is -0.149. The van der Waals surface area contributed by atoms with Gasteiger partial charge in [0.05, 0.1) is 5.41 Å². The third kappa shape index (κ3) is 1.88. The molecule has 2 N–H and O–H groups in total. The minimum atomic E-state index is -0.749. The maximum Gasteiger partial charge on any atom is 0.311 e. The summed E-state index contributed by atoms with van der Waals surface area (Å²) in [7, 11) is 0. The Balaban J connectivity index is 1.54. The van der Waals surface area contributed by atoms with E-state index in [2.05, 4.69) is 10.2 Å². The molecule has 0 aromatic carbocycles. The highest BCUT2D eigenvalue weighted by molar-refractivity contribution is 5.93. The molecule has 2 heterocycles. The van der Waals surface area contributed by atoms with Gasteiger partial charge < -0.3 is 10.0 Å². The normalized spacial score (nSPS) is 31.4. The number of carbonyl (C=O) groups excluding carboxylic acids is 1. The Hall–Kier alpha value is -1.85. The smallest absolute Gasteiger partial charge is 0.311 e. The fourth-order valence-corrected chi connectivity index (χ4v) is 4.01. The van der Waals surface area contributed by atoms with Crippen molar-refractivity contribution >= 4 is 11.9 Å². The molecular formula is C15H19N3O3. The molecule has 1 aliphatic heterocycles. The molecule has 3 aliphatic rings. The summed E-state index contributed by atoms with van der Waals surface area (Å²) in [6.45, 7) is 0.883. The van der Waals surface area contributed by atoms with E-state index < -0.39 is 11.4 Å². The summed E-state index contributed by atoms with van der Waals surface area (Å²) >= 11 is 0. The Morgan fingerprint density at radius 3 is 2.86 bits per heavy atom. The average molecular weight is 289 g/mol. The van der Waals surface area contributed by atoms with E-state index in [0.29, 0.717) is 31.1 Å². The van der Waals surface area contributed by atoms with Gasteiger partial charge in [-0.15, -0.1) is 0 Å². The van der Waals surface area contributed by atoms with E-state index in [1.54, 1.807) is 4.90 Å². The van der Waals surface area contributed by atoms with Crippen LogP contribution in [0.1, 0.15) is 54.2 Å². The summed E-state index contributed by atoms with van der Waals surface area (Å²) in [5, 5.41) is 16.6. The van der Waals surface area contributed by atoms with Gasteiger partial charge in [0, 0.05) is 24.7 Å².